The number of hydrogen-bond acceptors (Lipinski definition) is 2. The van der Waals surface area contributed by atoms with E-state index < -0.39 is 0 Å². The molecule has 36 heavy (non-hydrogen) atoms. The highest BCUT2D eigenvalue weighted by Crippen LogP contribution is 2.53. The zero-order valence-corrected chi connectivity index (χ0v) is 23.1. The van der Waals surface area contributed by atoms with Crippen molar-refractivity contribution < 1.29 is 9.53 Å². The lowest BCUT2D eigenvalue weighted by Gasteiger charge is -2.45. The second kappa shape index (κ2) is 12.9. The molecular formula is C34H48O2. The van der Waals surface area contributed by atoms with Gasteiger partial charge in [-0.05, 0) is 90.7 Å². The number of ether oxygens (including phenoxy) is 1. The number of carbonyl (C=O) groups is 1. The molecule has 2 aliphatic carbocycles. The number of carbonyl (C=O) groups excluding carboxylic acids is 1. The molecule has 0 N–H and O–H groups in total. The van der Waals surface area contributed by atoms with Gasteiger partial charge in [0.05, 0.1) is 5.56 Å². The van der Waals surface area contributed by atoms with Gasteiger partial charge in [-0.15, -0.1) is 0 Å². The van der Waals surface area contributed by atoms with Crippen LogP contribution in [0, 0.1) is 17.3 Å². The van der Waals surface area contributed by atoms with Crippen LogP contribution in [-0.4, -0.2) is 5.97 Å². The number of benzene rings is 2. The zero-order chi connectivity index (χ0) is 25.4. The van der Waals surface area contributed by atoms with Crippen LogP contribution in [0.5, 0.6) is 5.75 Å². The maximum absolute atomic E-state index is 12.9. The second-order valence-electron chi connectivity index (χ2n) is 11.8. The van der Waals surface area contributed by atoms with Gasteiger partial charge in [0.2, 0.25) is 0 Å². The van der Waals surface area contributed by atoms with Crippen molar-refractivity contribution in [3.05, 3.63) is 65.2 Å². The van der Waals surface area contributed by atoms with Gasteiger partial charge in [-0.2, -0.15) is 0 Å². The minimum atomic E-state index is -0.262. The van der Waals surface area contributed by atoms with Gasteiger partial charge in [0.25, 0.3) is 0 Å². The van der Waals surface area contributed by atoms with E-state index in [-0.39, 0.29) is 5.97 Å². The molecule has 196 valence electrons. The summed E-state index contributed by atoms with van der Waals surface area (Å²) in [6, 6.07) is 16.4. The van der Waals surface area contributed by atoms with Gasteiger partial charge in [0.15, 0.2) is 0 Å². The predicted molar refractivity (Wildman–Crippen MR) is 151 cm³/mol. The number of aryl methyl sites for hydroxylation is 1. The summed E-state index contributed by atoms with van der Waals surface area (Å²) in [4.78, 5) is 12.9. The highest BCUT2D eigenvalue weighted by Gasteiger charge is 2.40. The molecule has 2 saturated carbocycles. The maximum Gasteiger partial charge on any atom is 0.343 e. The third-order valence-electron chi connectivity index (χ3n) is 9.63. The van der Waals surface area contributed by atoms with E-state index in [9.17, 15) is 4.79 Å². The van der Waals surface area contributed by atoms with Crippen LogP contribution < -0.4 is 4.74 Å². The van der Waals surface area contributed by atoms with E-state index in [0.29, 0.717) is 22.6 Å². The fourth-order valence-electron chi connectivity index (χ4n) is 7.18. The van der Waals surface area contributed by atoms with Crippen molar-refractivity contribution in [2.45, 2.75) is 117 Å². The first-order chi connectivity index (χ1) is 17.6. The smallest absolute Gasteiger partial charge is 0.343 e. The molecule has 2 aliphatic rings. The van der Waals surface area contributed by atoms with Crippen molar-refractivity contribution in [2.75, 3.05) is 0 Å². The van der Waals surface area contributed by atoms with Crippen molar-refractivity contribution in [3.8, 4) is 5.75 Å². The lowest BCUT2D eigenvalue weighted by Crippen LogP contribution is -2.33. The normalized spacial score (nSPS) is 22.6. The Bertz CT molecular complexity index is 928. The van der Waals surface area contributed by atoms with Crippen LogP contribution in [0.1, 0.15) is 132 Å². The summed E-state index contributed by atoms with van der Waals surface area (Å²) in [6.45, 7) is 6.95. The van der Waals surface area contributed by atoms with E-state index in [0.717, 1.165) is 24.7 Å². The summed E-state index contributed by atoms with van der Waals surface area (Å²) in [6.07, 6.45) is 18.6. The molecular weight excluding hydrogens is 440 g/mol. The van der Waals surface area contributed by atoms with Gasteiger partial charge in [-0.1, -0.05) is 103 Å². The van der Waals surface area contributed by atoms with Gasteiger partial charge in [0.1, 0.15) is 5.75 Å². The Kier molecular flexibility index (Phi) is 9.68. The summed E-state index contributed by atoms with van der Waals surface area (Å²) in [7, 11) is 0. The van der Waals surface area contributed by atoms with E-state index in [1.54, 1.807) is 0 Å². The quantitative estimate of drug-likeness (QED) is 0.246. The van der Waals surface area contributed by atoms with Crippen LogP contribution in [0.2, 0.25) is 0 Å². The first-order valence-corrected chi connectivity index (χ1v) is 15.0. The van der Waals surface area contributed by atoms with Crippen molar-refractivity contribution in [3.63, 3.8) is 0 Å². The summed E-state index contributed by atoms with van der Waals surface area (Å²) >= 11 is 0. The summed E-state index contributed by atoms with van der Waals surface area (Å²) in [5.74, 6) is 2.76. The highest BCUT2D eigenvalue weighted by atomic mass is 16.5. The Morgan fingerprint density at radius 3 is 2.08 bits per heavy atom. The van der Waals surface area contributed by atoms with Gasteiger partial charge < -0.3 is 4.74 Å². The monoisotopic (exact) mass is 488 g/mol. The minimum absolute atomic E-state index is 0.262. The molecule has 4 rings (SSSR count). The fraction of sp³-hybridized carbons (Fsp3) is 0.618. The minimum Gasteiger partial charge on any atom is -0.423 e. The molecule has 0 heterocycles. The topological polar surface area (TPSA) is 26.3 Å². The number of hydrogen-bond donors (Lipinski definition) is 0. The fourth-order valence-corrected chi connectivity index (χ4v) is 7.18. The standard InChI is InChI=1S/C34H48O2/c1-4-10-27-15-21-31(22-16-27)36-33(35)30-19-17-29(18-20-30)32(34(6-3)23-8-7-9-24-34)25-28-13-11-26(5-2)12-14-28/h15-22,26,28,32H,4-14,23-25H2,1-3H3. The molecule has 1 atom stereocenters. The molecule has 0 amide bonds. The van der Waals surface area contributed by atoms with Crippen LogP contribution in [0.25, 0.3) is 0 Å². The molecule has 0 aliphatic heterocycles. The zero-order valence-electron chi connectivity index (χ0n) is 23.1. The lowest BCUT2D eigenvalue weighted by molar-refractivity contribution is 0.0734. The Morgan fingerprint density at radius 2 is 1.50 bits per heavy atom. The molecule has 0 spiro atoms. The van der Waals surface area contributed by atoms with Gasteiger partial charge in [-0.3, -0.25) is 0 Å². The first-order valence-electron chi connectivity index (χ1n) is 15.0. The lowest BCUT2D eigenvalue weighted by atomic mass is 9.59. The van der Waals surface area contributed by atoms with Gasteiger partial charge in [-0.25, -0.2) is 4.79 Å². The maximum atomic E-state index is 12.9. The average molecular weight is 489 g/mol. The average Bonchev–Trinajstić information content (AvgIpc) is 2.94. The summed E-state index contributed by atoms with van der Waals surface area (Å²) in [5, 5.41) is 0. The van der Waals surface area contributed by atoms with Crippen LogP contribution >= 0.6 is 0 Å². The highest BCUT2D eigenvalue weighted by molar-refractivity contribution is 5.91. The molecule has 2 fully saturated rings. The SMILES string of the molecule is CCCc1ccc(OC(=O)c2ccc(C(CC3CCC(CC)CC3)C3(CC)CCCCC3)cc2)cc1. The molecule has 1 unspecified atom stereocenters. The van der Waals surface area contributed by atoms with Gasteiger partial charge >= 0.3 is 5.97 Å². The molecule has 0 aromatic heterocycles. The van der Waals surface area contributed by atoms with Crippen LogP contribution in [0.3, 0.4) is 0 Å². The van der Waals surface area contributed by atoms with E-state index in [1.165, 1.54) is 88.2 Å². The molecule has 0 bridgehead atoms. The van der Waals surface area contributed by atoms with E-state index >= 15 is 0 Å². The van der Waals surface area contributed by atoms with Crippen molar-refractivity contribution in [2.24, 2.45) is 17.3 Å². The van der Waals surface area contributed by atoms with Crippen molar-refractivity contribution in [1.82, 2.24) is 0 Å². The summed E-state index contributed by atoms with van der Waals surface area (Å²) < 4.78 is 5.69. The Morgan fingerprint density at radius 1 is 0.861 bits per heavy atom. The molecule has 2 heteroatoms. The Balaban J connectivity index is 1.49. The number of rotatable bonds is 10. The predicted octanol–water partition coefficient (Wildman–Crippen LogP) is 9.91. The third-order valence-corrected chi connectivity index (χ3v) is 9.63. The Labute approximate surface area is 220 Å². The van der Waals surface area contributed by atoms with Crippen molar-refractivity contribution in [1.29, 1.82) is 0 Å². The summed E-state index contributed by atoms with van der Waals surface area (Å²) in [5.41, 5.74) is 3.79. The van der Waals surface area contributed by atoms with Crippen LogP contribution in [-0.2, 0) is 6.42 Å². The van der Waals surface area contributed by atoms with E-state index in [2.05, 4.69) is 45.0 Å². The van der Waals surface area contributed by atoms with Crippen LogP contribution in [0.15, 0.2) is 48.5 Å². The van der Waals surface area contributed by atoms with Crippen LogP contribution in [0.4, 0.5) is 0 Å². The molecule has 2 aromatic carbocycles. The van der Waals surface area contributed by atoms with E-state index in [4.69, 9.17) is 4.74 Å². The largest absolute Gasteiger partial charge is 0.423 e. The van der Waals surface area contributed by atoms with Crippen molar-refractivity contribution >= 4 is 5.97 Å². The first kappa shape index (κ1) is 27.0. The molecule has 0 saturated heterocycles. The molecule has 2 nitrogen and oxygen atoms in total. The van der Waals surface area contributed by atoms with Gasteiger partial charge in [0, 0.05) is 0 Å². The van der Waals surface area contributed by atoms with E-state index in [1.807, 2.05) is 24.3 Å². The molecule has 0 radical (unpaired) electrons. The second-order valence-corrected chi connectivity index (χ2v) is 11.8. The Hall–Kier alpha value is -2.09. The third kappa shape index (κ3) is 6.61. The number of esters is 1. The molecule has 2 aromatic rings.